The zero-order valence-corrected chi connectivity index (χ0v) is 18.3. The number of nitrogens with zero attached hydrogens (tertiary/aromatic N) is 4. The lowest BCUT2D eigenvalue weighted by atomic mass is 9.72. The van der Waals surface area contributed by atoms with E-state index in [4.69, 9.17) is 15.5 Å². The van der Waals surface area contributed by atoms with Crippen molar-refractivity contribution in [3.05, 3.63) is 41.4 Å². The summed E-state index contributed by atoms with van der Waals surface area (Å²) in [6.45, 7) is 1.79. The maximum atomic E-state index is 15.3. The number of anilines is 1. The molecular weight excluding hydrogens is 425 g/mol. The fourth-order valence-electron chi connectivity index (χ4n) is 5.38. The highest BCUT2D eigenvalue weighted by Gasteiger charge is 2.41. The fourth-order valence-corrected chi connectivity index (χ4v) is 5.38. The van der Waals surface area contributed by atoms with Crippen LogP contribution < -0.4 is 15.8 Å². The predicted octanol–water partition coefficient (Wildman–Crippen LogP) is 2.92. The summed E-state index contributed by atoms with van der Waals surface area (Å²) in [5, 5.41) is 15.2. The molecule has 5 N–H and O–H groups in total. The third-order valence-corrected chi connectivity index (χ3v) is 6.98. The smallest absolute Gasteiger partial charge is 0.324 e. The molecule has 0 aliphatic heterocycles. The van der Waals surface area contributed by atoms with Gasteiger partial charge in [0.1, 0.15) is 17.3 Å². The molecule has 2 aliphatic carbocycles. The molecule has 2 aliphatic rings. The van der Waals surface area contributed by atoms with Crippen LogP contribution in [0.2, 0.25) is 0 Å². The van der Waals surface area contributed by atoms with E-state index < -0.39 is 6.10 Å². The van der Waals surface area contributed by atoms with Crippen LogP contribution in [0.25, 0.3) is 21.9 Å². The van der Waals surface area contributed by atoms with E-state index in [1.807, 2.05) is 0 Å². The van der Waals surface area contributed by atoms with Crippen LogP contribution in [0.1, 0.15) is 35.8 Å². The van der Waals surface area contributed by atoms with E-state index in [0.29, 0.717) is 47.7 Å². The molecule has 3 heterocycles. The second-order valence-electron chi connectivity index (χ2n) is 8.97. The molecule has 1 saturated carbocycles. The molecule has 0 amide bonds. The first-order valence-corrected chi connectivity index (χ1v) is 11.1. The maximum absolute atomic E-state index is 15.3. The average Bonchev–Trinajstić information content (AvgIpc) is 3.11. The van der Waals surface area contributed by atoms with Crippen LogP contribution in [0.3, 0.4) is 0 Å². The van der Waals surface area contributed by atoms with Gasteiger partial charge in [-0.1, -0.05) is 0 Å². The van der Waals surface area contributed by atoms with Gasteiger partial charge in [-0.15, -0.1) is 0 Å². The molecule has 0 unspecified atom stereocenters. The monoisotopic (exact) mass is 449 g/mol. The third-order valence-electron chi connectivity index (χ3n) is 6.98. The highest BCUT2D eigenvalue weighted by molar-refractivity contribution is 6.13. The average molecular weight is 449 g/mol. The lowest BCUT2D eigenvalue weighted by Gasteiger charge is -2.37. The molecule has 33 heavy (non-hydrogen) atoms. The molecule has 0 radical (unpaired) electrons. The van der Waals surface area contributed by atoms with Crippen LogP contribution in [-0.4, -0.2) is 49.2 Å². The molecule has 1 aromatic carbocycles. The second-order valence-corrected chi connectivity index (χ2v) is 8.97. The molecule has 0 saturated heterocycles. The van der Waals surface area contributed by atoms with Gasteiger partial charge in [0.05, 0.1) is 35.4 Å². The van der Waals surface area contributed by atoms with Crippen molar-refractivity contribution in [2.24, 2.45) is 11.7 Å². The van der Waals surface area contributed by atoms with E-state index in [2.05, 4.69) is 25.3 Å². The largest absolute Gasteiger partial charge is 0.421 e. The topological polar surface area (TPSA) is 135 Å². The number of aryl methyl sites for hydroxylation is 1. The van der Waals surface area contributed by atoms with Crippen molar-refractivity contribution < 1.29 is 14.2 Å². The minimum atomic E-state index is -0.653. The number of hydrogen-bond acceptors (Lipinski definition) is 8. The Labute approximate surface area is 188 Å². The Bertz CT molecular complexity index is 1390. The SMILES string of the molecule is CNc1cc(F)c2c3c1[nH]c1nc(Oc4cnc(C)nc4)nc(c13)[C@H]1C[C@@H](O)[C@@H](N)C[C@@H]1C2. The molecule has 4 atom stereocenters. The summed E-state index contributed by atoms with van der Waals surface area (Å²) >= 11 is 0. The molecule has 4 aromatic rings. The van der Waals surface area contributed by atoms with Gasteiger partial charge in [0, 0.05) is 29.8 Å². The van der Waals surface area contributed by atoms with Gasteiger partial charge in [-0.05, 0) is 43.7 Å². The van der Waals surface area contributed by atoms with Crippen LogP contribution in [0.5, 0.6) is 11.8 Å². The van der Waals surface area contributed by atoms with Gasteiger partial charge in [-0.2, -0.15) is 9.97 Å². The first kappa shape index (κ1) is 20.3. The molecule has 0 bridgehead atoms. The zero-order chi connectivity index (χ0) is 22.9. The maximum Gasteiger partial charge on any atom is 0.324 e. The number of rotatable bonds is 3. The Balaban J connectivity index is 1.61. The number of hydrogen-bond donors (Lipinski definition) is 4. The van der Waals surface area contributed by atoms with E-state index in [0.717, 1.165) is 22.0 Å². The summed E-state index contributed by atoms with van der Waals surface area (Å²) in [6.07, 6.45) is 4.03. The number of halogens is 1. The Morgan fingerprint density at radius 1 is 1.21 bits per heavy atom. The lowest BCUT2D eigenvalue weighted by Crippen LogP contribution is -2.44. The number of fused-ring (bicyclic) bond motifs is 2. The summed E-state index contributed by atoms with van der Waals surface area (Å²) in [5.41, 5.74) is 9.57. The summed E-state index contributed by atoms with van der Waals surface area (Å²) < 4.78 is 21.2. The minimum absolute atomic E-state index is 0.0441. The number of aromatic amines is 1. The third kappa shape index (κ3) is 3.12. The number of H-pyrrole nitrogens is 1. The van der Waals surface area contributed by atoms with Crippen molar-refractivity contribution in [2.45, 2.75) is 44.2 Å². The first-order chi connectivity index (χ1) is 15.9. The Morgan fingerprint density at radius 2 is 2.00 bits per heavy atom. The van der Waals surface area contributed by atoms with Gasteiger partial charge < -0.3 is 25.9 Å². The zero-order valence-electron chi connectivity index (χ0n) is 18.3. The normalized spacial score (nSPS) is 24.2. The Hall–Kier alpha value is -3.37. The van der Waals surface area contributed by atoms with Crippen molar-refractivity contribution in [3.8, 4) is 11.8 Å². The van der Waals surface area contributed by atoms with Crippen molar-refractivity contribution in [1.29, 1.82) is 0 Å². The van der Waals surface area contributed by atoms with E-state index in [-0.39, 0.29) is 29.7 Å². The highest BCUT2D eigenvalue weighted by Crippen LogP contribution is 2.48. The first-order valence-electron chi connectivity index (χ1n) is 11.1. The summed E-state index contributed by atoms with van der Waals surface area (Å²) in [7, 11) is 1.76. The van der Waals surface area contributed by atoms with E-state index >= 15 is 4.39 Å². The molecule has 1 fully saturated rings. The standard InChI is InChI=1S/C23H24FN7O2/c1-9-27-7-11(8-28-9)33-23-30-20-12-5-17(32)15(25)4-10(12)3-13-14(24)6-16(26-2)21-18(13)19(20)22(29-21)31-23/h6-8,10,12,15,17,26,32H,3-5,25H2,1-2H3,(H,29,30,31)/t10-,12-,15-,17+/m0/s1. The van der Waals surface area contributed by atoms with Crippen LogP contribution in [0.4, 0.5) is 10.1 Å². The van der Waals surface area contributed by atoms with Crippen LogP contribution in [0, 0.1) is 18.7 Å². The van der Waals surface area contributed by atoms with Crippen molar-refractivity contribution >= 4 is 27.6 Å². The highest BCUT2D eigenvalue weighted by atomic mass is 19.1. The number of nitrogens with two attached hydrogens (primary N) is 1. The summed E-state index contributed by atoms with van der Waals surface area (Å²) in [5.74, 6) is 0.719. The Kier molecular flexibility index (Phi) is 4.49. The van der Waals surface area contributed by atoms with Crippen LogP contribution in [0.15, 0.2) is 18.5 Å². The van der Waals surface area contributed by atoms with Crippen molar-refractivity contribution in [3.63, 3.8) is 0 Å². The number of nitrogens with one attached hydrogen (secondary N) is 2. The molecule has 9 nitrogen and oxygen atoms in total. The lowest BCUT2D eigenvalue weighted by molar-refractivity contribution is 0.0721. The van der Waals surface area contributed by atoms with Crippen LogP contribution >= 0.6 is 0 Å². The fraction of sp³-hybridized carbons (Fsp3) is 0.391. The molecule has 3 aromatic heterocycles. The van der Waals surface area contributed by atoms with Gasteiger partial charge in [0.15, 0.2) is 5.75 Å². The number of ether oxygens (including phenoxy) is 1. The van der Waals surface area contributed by atoms with Crippen molar-refractivity contribution in [1.82, 2.24) is 24.9 Å². The quantitative estimate of drug-likeness (QED) is 0.375. The number of aliphatic hydroxyl groups excluding tert-OH is 1. The van der Waals surface area contributed by atoms with E-state index in [1.165, 1.54) is 6.07 Å². The molecule has 0 spiro atoms. The van der Waals surface area contributed by atoms with E-state index in [9.17, 15) is 5.11 Å². The second kappa shape index (κ2) is 7.32. The van der Waals surface area contributed by atoms with Gasteiger partial charge in [-0.25, -0.2) is 14.4 Å². The molecular formula is C23H24FN7O2. The van der Waals surface area contributed by atoms with Gasteiger partial charge in [0.2, 0.25) is 0 Å². The predicted molar refractivity (Wildman–Crippen MR) is 121 cm³/mol. The van der Waals surface area contributed by atoms with Gasteiger partial charge >= 0.3 is 6.01 Å². The van der Waals surface area contributed by atoms with Crippen molar-refractivity contribution in [2.75, 3.05) is 12.4 Å². The Morgan fingerprint density at radius 3 is 2.76 bits per heavy atom. The molecule has 10 heteroatoms. The summed E-state index contributed by atoms with van der Waals surface area (Å²) in [6, 6.07) is 1.31. The van der Waals surface area contributed by atoms with Crippen LogP contribution in [-0.2, 0) is 6.42 Å². The molecule has 170 valence electrons. The van der Waals surface area contributed by atoms with Gasteiger partial charge in [0.25, 0.3) is 0 Å². The molecule has 6 rings (SSSR count). The number of benzene rings is 1. The van der Waals surface area contributed by atoms with E-state index in [1.54, 1.807) is 26.4 Å². The summed E-state index contributed by atoms with van der Waals surface area (Å²) in [4.78, 5) is 21.1. The minimum Gasteiger partial charge on any atom is -0.421 e. The number of aromatic nitrogens is 5. The van der Waals surface area contributed by atoms with Gasteiger partial charge in [-0.3, -0.25) is 0 Å². The number of aliphatic hydroxyl groups is 1.